The standard InChI is InChI=1S/C13H15N3O2S/c1-16(19(2,17)18)13-6-5-10(8-12(13)14)11-4-3-7-15-9-11/h3-9H,14H2,1-2H3. The van der Waals surface area contributed by atoms with E-state index >= 15 is 0 Å². The Balaban J connectivity index is 2.44. The van der Waals surface area contributed by atoms with Gasteiger partial charge in [-0.15, -0.1) is 0 Å². The lowest BCUT2D eigenvalue weighted by molar-refractivity contribution is 0.600. The molecule has 0 saturated carbocycles. The van der Waals surface area contributed by atoms with Crippen molar-refractivity contribution in [3.8, 4) is 11.1 Å². The maximum Gasteiger partial charge on any atom is 0.232 e. The van der Waals surface area contributed by atoms with E-state index in [2.05, 4.69) is 4.98 Å². The fourth-order valence-corrected chi connectivity index (χ4v) is 2.26. The molecule has 2 aromatic rings. The Labute approximate surface area is 112 Å². The summed E-state index contributed by atoms with van der Waals surface area (Å²) in [6.45, 7) is 0. The molecule has 0 unspecified atom stereocenters. The predicted octanol–water partition coefficient (Wildman–Crippen LogP) is 1.73. The Bertz CT molecular complexity index is 684. The summed E-state index contributed by atoms with van der Waals surface area (Å²) in [6, 6.07) is 9.01. The van der Waals surface area contributed by atoms with E-state index in [0.717, 1.165) is 21.7 Å². The van der Waals surface area contributed by atoms with Gasteiger partial charge in [0, 0.05) is 25.0 Å². The van der Waals surface area contributed by atoms with E-state index in [1.54, 1.807) is 24.5 Å². The number of aromatic nitrogens is 1. The topological polar surface area (TPSA) is 76.3 Å². The molecule has 0 aliphatic rings. The molecular formula is C13H15N3O2S. The monoisotopic (exact) mass is 277 g/mol. The molecule has 6 heteroatoms. The van der Waals surface area contributed by atoms with Gasteiger partial charge in [-0.2, -0.15) is 0 Å². The van der Waals surface area contributed by atoms with Crippen LogP contribution >= 0.6 is 0 Å². The van der Waals surface area contributed by atoms with Crippen LogP contribution in [0.3, 0.4) is 0 Å². The number of pyridine rings is 1. The molecule has 0 fully saturated rings. The molecule has 0 amide bonds. The Morgan fingerprint density at radius 2 is 1.95 bits per heavy atom. The number of hydrogen-bond donors (Lipinski definition) is 1. The van der Waals surface area contributed by atoms with Crippen LogP contribution in [0.25, 0.3) is 11.1 Å². The minimum absolute atomic E-state index is 0.411. The van der Waals surface area contributed by atoms with Gasteiger partial charge in [0.05, 0.1) is 17.6 Å². The summed E-state index contributed by atoms with van der Waals surface area (Å²) < 4.78 is 24.2. The summed E-state index contributed by atoms with van der Waals surface area (Å²) >= 11 is 0. The molecule has 1 aromatic carbocycles. The second-order valence-corrected chi connectivity index (χ2v) is 6.26. The van der Waals surface area contributed by atoms with Crippen LogP contribution in [0, 0.1) is 0 Å². The highest BCUT2D eigenvalue weighted by atomic mass is 32.2. The van der Waals surface area contributed by atoms with Crippen molar-refractivity contribution < 1.29 is 8.42 Å². The molecule has 0 radical (unpaired) electrons. The zero-order valence-corrected chi connectivity index (χ0v) is 11.6. The van der Waals surface area contributed by atoms with Crippen molar-refractivity contribution >= 4 is 21.4 Å². The van der Waals surface area contributed by atoms with E-state index in [9.17, 15) is 8.42 Å². The van der Waals surface area contributed by atoms with Gasteiger partial charge in [-0.05, 0) is 23.8 Å². The summed E-state index contributed by atoms with van der Waals surface area (Å²) in [7, 11) is -1.84. The van der Waals surface area contributed by atoms with E-state index in [1.807, 2.05) is 18.2 Å². The molecule has 19 heavy (non-hydrogen) atoms. The fraction of sp³-hybridized carbons (Fsp3) is 0.154. The van der Waals surface area contributed by atoms with Crippen LogP contribution in [-0.2, 0) is 10.0 Å². The number of anilines is 2. The van der Waals surface area contributed by atoms with Crippen LogP contribution < -0.4 is 10.0 Å². The molecule has 0 atom stereocenters. The van der Waals surface area contributed by atoms with Crippen LogP contribution in [-0.4, -0.2) is 26.7 Å². The van der Waals surface area contributed by atoms with Crippen LogP contribution in [0.4, 0.5) is 11.4 Å². The molecule has 2 rings (SSSR count). The summed E-state index contributed by atoms with van der Waals surface area (Å²) in [5, 5.41) is 0. The van der Waals surface area contributed by atoms with Crippen LogP contribution in [0.15, 0.2) is 42.7 Å². The Morgan fingerprint density at radius 3 is 2.47 bits per heavy atom. The van der Waals surface area contributed by atoms with E-state index in [4.69, 9.17) is 5.73 Å². The summed E-state index contributed by atoms with van der Waals surface area (Å²) in [5.74, 6) is 0. The summed E-state index contributed by atoms with van der Waals surface area (Å²) in [5.41, 5.74) is 8.64. The highest BCUT2D eigenvalue weighted by Crippen LogP contribution is 2.29. The SMILES string of the molecule is CN(c1ccc(-c2cccnc2)cc1N)S(C)(=O)=O. The van der Waals surface area contributed by atoms with E-state index in [1.165, 1.54) is 7.05 Å². The number of nitrogen functional groups attached to an aromatic ring is 1. The molecule has 0 aliphatic carbocycles. The van der Waals surface area contributed by atoms with Crippen molar-refractivity contribution in [1.29, 1.82) is 0 Å². The van der Waals surface area contributed by atoms with Gasteiger partial charge in [0.1, 0.15) is 0 Å². The molecule has 0 saturated heterocycles. The zero-order valence-electron chi connectivity index (χ0n) is 10.7. The van der Waals surface area contributed by atoms with Gasteiger partial charge in [-0.3, -0.25) is 9.29 Å². The molecule has 5 nitrogen and oxygen atoms in total. The number of benzene rings is 1. The van der Waals surface area contributed by atoms with Gasteiger partial charge in [-0.25, -0.2) is 8.42 Å². The van der Waals surface area contributed by atoms with E-state index in [0.29, 0.717) is 11.4 Å². The second kappa shape index (κ2) is 4.89. The van der Waals surface area contributed by atoms with Crippen molar-refractivity contribution in [2.24, 2.45) is 0 Å². The third kappa shape index (κ3) is 2.85. The predicted molar refractivity (Wildman–Crippen MR) is 77.3 cm³/mol. The summed E-state index contributed by atoms with van der Waals surface area (Å²) in [6.07, 6.45) is 4.56. The van der Waals surface area contributed by atoms with E-state index in [-0.39, 0.29) is 0 Å². The third-order valence-electron chi connectivity index (χ3n) is 2.86. The zero-order chi connectivity index (χ0) is 14.0. The van der Waals surface area contributed by atoms with Crippen molar-refractivity contribution in [3.05, 3.63) is 42.7 Å². The van der Waals surface area contributed by atoms with Crippen LogP contribution in [0.1, 0.15) is 0 Å². The maximum atomic E-state index is 11.5. The first-order valence-corrected chi connectivity index (χ1v) is 7.48. The number of sulfonamides is 1. The smallest absolute Gasteiger partial charge is 0.232 e. The van der Waals surface area contributed by atoms with E-state index < -0.39 is 10.0 Å². The van der Waals surface area contributed by atoms with Gasteiger partial charge in [-0.1, -0.05) is 12.1 Å². The van der Waals surface area contributed by atoms with Gasteiger partial charge in [0.15, 0.2) is 0 Å². The lowest BCUT2D eigenvalue weighted by Crippen LogP contribution is -2.25. The second-order valence-electron chi connectivity index (χ2n) is 4.25. The highest BCUT2D eigenvalue weighted by molar-refractivity contribution is 7.92. The lowest BCUT2D eigenvalue weighted by Gasteiger charge is -2.19. The first-order valence-electron chi connectivity index (χ1n) is 5.63. The Kier molecular flexibility index (Phi) is 3.44. The molecule has 0 spiro atoms. The Hall–Kier alpha value is -2.08. The molecule has 1 aromatic heterocycles. The van der Waals surface area contributed by atoms with Crippen molar-refractivity contribution in [1.82, 2.24) is 4.98 Å². The molecule has 100 valence electrons. The maximum absolute atomic E-state index is 11.5. The number of hydrogen-bond acceptors (Lipinski definition) is 4. The number of nitrogens with zero attached hydrogens (tertiary/aromatic N) is 2. The van der Waals surface area contributed by atoms with Gasteiger partial charge < -0.3 is 5.73 Å². The average molecular weight is 277 g/mol. The number of nitrogens with two attached hydrogens (primary N) is 1. The largest absolute Gasteiger partial charge is 0.397 e. The molecular weight excluding hydrogens is 262 g/mol. The quantitative estimate of drug-likeness (QED) is 0.867. The highest BCUT2D eigenvalue weighted by Gasteiger charge is 2.15. The molecule has 0 aliphatic heterocycles. The molecule has 0 bridgehead atoms. The average Bonchev–Trinajstić information content (AvgIpc) is 2.38. The summed E-state index contributed by atoms with van der Waals surface area (Å²) in [4.78, 5) is 4.04. The first-order chi connectivity index (χ1) is 8.89. The first kappa shape index (κ1) is 13.4. The lowest BCUT2D eigenvalue weighted by atomic mass is 10.1. The minimum Gasteiger partial charge on any atom is -0.397 e. The van der Waals surface area contributed by atoms with Crippen LogP contribution in [0.5, 0.6) is 0 Å². The van der Waals surface area contributed by atoms with Crippen molar-refractivity contribution in [2.75, 3.05) is 23.3 Å². The number of rotatable bonds is 3. The Morgan fingerprint density at radius 1 is 1.21 bits per heavy atom. The fourth-order valence-electron chi connectivity index (χ4n) is 1.73. The third-order valence-corrected chi connectivity index (χ3v) is 4.05. The van der Waals surface area contributed by atoms with Crippen molar-refractivity contribution in [2.45, 2.75) is 0 Å². The van der Waals surface area contributed by atoms with Gasteiger partial charge >= 0.3 is 0 Å². The minimum atomic E-state index is -3.31. The van der Waals surface area contributed by atoms with Gasteiger partial charge in [0.2, 0.25) is 10.0 Å². The van der Waals surface area contributed by atoms with Crippen molar-refractivity contribution in [3.63, 3.8) is 0 Å². The van der Waals surface area contributed by atoms with Gasteiger partial charge in [0.25, 0.3) is 0 Å². The normalized spacial score (nSPS) is 11.3. The van der Waals surface area contributed by atoms with Crippen LogP contribution in [0.2, 0.25) is 0 Å². The molecule has 2 N–H and O–H groups in total. The molecule has 1 heterocycles.